The number of hydrogen-bond donors (Lipinski definition) is 1. The lowest BCUT2D eigenvalue weighted by atomic mass is 10.2. The summed E-state index contributed by atoms with van der Waals surface area (Å²) >= 11 is 0. The summed E-state index contributed by atoms with van der Waals surface area (Å²) in [4.78, 5) is 21.1. The molecule has 0 spiro atoms. The topological polar surface area (TPSA) is 81.5 Å². The van der Waals surface area contributed by atoms with E-state index in [1.165, 1.54) is 12.1 Å². The van der Waals surface area contributed by atoms with Crippen LogP contribution in [0.4, 0.5) is 14.9 Å². The molecule has 1 amide bonds. The number of amides is 1. The molecule has 1 N–H and O–H groups in total. The van der Waals surface area contributed by atoms with Crippen molar-refractivity contribution in [3.63, 3.8) is 0 Å². The van der Waals surface area contributed by atoms with E-state index in [4.69, 9.17) is 4.74 Å². The van der Waals surface area contributed by atoms with Gasteiger partial charge < -0.3 is 4.74 Å². The maximum atomic E-state index is 13.5. The number of rotatable bonds is 3. The van der Waals surface area contributed by atoms with Crippen LogP contribution in [0.3, 0.4) is 0 Å². The fourth-order valence-electron chi connectivity index (χ4n) is 1.31. The summed E-state index contributed by atoms with van der Waals surface area (Å²) in [5.74, 6) is -0.745. The van der Waals surface area contributed by atoms with E-state index in [0.29, 0.717) is 0 Å². The molecule has 0 aliphatic carbocycles. The molecule has 0 atom stereocenters. The van der Waals surface area contributed by atoms with Crippen LogP contribution in [0.2, 0.25) is 0 Å². The largest absolute Gasteiger partial charge is 0.444 e. The van der Waals surface area contributed by atoms with E-state index >= 15 is 0 Å². The van der Waals surface area contributed by atoms with Crippen LogP contribution in [0.5, 0.6) is 0 Å². The number of hydrogen-bond acceptors (Lipinski definition) is 4. The Hall–Kier alpha value is -2.18. The summed E-state index contributed by atoms with van der Waals surface area (Å²) in [5, 5.41) is 12.6. The Kier molecular flexibility index (Phi) is 4.42. The van der Waals surface area contributed by atoms with Crippen LogP contribution < -0.4 is 5.32 Å². The number of benzene rings is 1. The molecule has 0 radical (unpaired) electrons. The van der Waals surface area contributed by atoms with E-state index in [-0.39, 0.29) is 11.3 Å². The first kappa shape index (κ1) is 14.9. The Balaban J connectivity index is 2.73. The number of anilines is 1. The van der Waals surface area contributed by atoms with Crippen molar-refractivity contribution in [1.82, 2.24) is 0 Å². The van der Waals surface area contributed by atoms with Crippen LogP contribution in [0.25, 0.3) is 0 Å². The highest BCUT2D eigenvalue weighted by atomic mass is 19.1. The summed E-state index contributed by atoms with van der Waals surface area (Å²) in [5.41, 5.74) is -0.521. The zero-order valence-electron chi connectivity index (χ0n) is 10.9. The van der Waals surface area contributed by atoms with Crippen LogP contribution in [-0.2, 0) is 11.3 Å². The van der Waals surface area contributed by atoms with Gasteiger partial charge in [0.05, 0.1) is 5.56 Å². The van der Waals surface area contributed by atoms with Crippen molar-refractivity contribution in [3.05, 3.63) is 39.7 Å². The highest BCUT2D eigenvalue weighted by molar-refractivity contribution is 5.84. The zero-order valence-corrected chi connectivity index (χ0v) is 10.9. The Bertz CT molecular complexity index is 497. The van der Waals surface area contributed by atoms with Gasteiger partial charge in [-0.1, -0.05) is 0 Å². The van der Waals surface area contributed by atoms with E-state index < -0.39 is 29.0 Å². The fourth-order valence-corrected chi connectivity index (χ4v) is 1.31. The van der Waals surface area contributed by atoms with E-state index in [2.05, 4.69) is 5.32 Å². The lowest BCUT2D eigenvalue weighted by Gasteiger charge is -2.19. The third-order valence-corrected chi connectivity index (χ3v) is 2.00. The second kappa shape index (κ2) is 5.64. The number of carbonyl (C=O) groups is 1. The Labute approximate surface area is 109 Å². The number of halogens is 1. The molecule has 0 saturated carbocycles. The minimum Gasteiger partial charge on any atom is -0.444 e. The standard InChI is InChI=1S/C12H15FN2O4/c1-12(2,3)19-11(16)14-9-5-4-8(7-15(17)18)10(13)6-9/h4-6H,7H2,1-3H3,(H,14,16). The van der Waals surface area contributed by atoms with E-state index in [1.807, 2.05) is 0 Å². The first-order chi connectivity index (χ1) is 8.67. The number of nitrogens with one attached hydrogen (secondary N) is 1. The summed E-state index contributed by atoms with van der Waals surface area (Å²) < 4.78 is 18.5. The Morgan fingerprint density at radius 1 is 1.47 bits per heavy atom. The van der Waals surface area contributed by atoms with Gasteiger partial charge >= 0.3 is 6.09 Å². The average molecular weight is 270 g/mol. The molecular weight excluding hydrogens is 255 g/mol. The Morgan fingerprint density at radius 3 is 2.58 bits per heavy atom. The molecule has 1 aromatic rings. The van der Waals surface area contributed by atoms with Gasteiger partial charge in [-0.05, 0) is 39.0 Å². The van der Waals surface area contributed by atoms with Crippen molar-refractivity contribution in [2.75, 3.05) is 5.32 Å². The van der Waals surface area contributed by atoms with Crippen LogP contribution in [-0.4, -0.2) is 16.6 Å². The maximum absolute atomic E-state index is 13.5. The predicted octanol–water partition coefficient (Wildman–Crippen LogP) is 2.95. The van der Waals surface area contributed by atoms with Gasteiger partial charge in [0.1, 0.15) is 11.4 Å². The molecule has 1 rings (SSSR count). The first-order valence-corrected chi connectivity index (χ1v) is 5.57. The smallest absolute Gasteiger partial charge is 0.412 e. The molecule has 19 heavy (non-hydrogen) atoms. The van der Waals surface area contributed by atoms with Crippen molar-refractivity contribution >= 4 is 11.8 Å². The van der Waals surface area contributed by atoms with Gasteiger partial charge in [0.15, 0.2) is 0 Å². The molecule has 6 nitrogen and oxygen atoms in total. The molecule has 0 bridgehead atoms. The molecule has 104 valence electrons. The van der Waals surface area contributed by atoms with Crippen molar-refractivity contribution in [2.45, 2.75) is 32.9 Å². The maximum Gasteiger partial charge on any atom is 0.412 e. The summed E-state index contributed by atoms with van der Waals surface area (Å²) in [6.07, 6.45) is -0.714. The van der Waals surface area contributed by atoms with Crippen LogP contribution in [0.1, 0.15) is 26.3 Å². The number of nitro groups is 1. The first-order valence-electron chi connectivity index (χ1n) is 5.57. The SMILES string of the molecule is CC(C)(C)OC(=O)Nc1ccc(C[N+](=O)[O-])c(F)c1. The molecule has 0 aromatic heterocycles. The minimum absolute atomic E-state index is 0.0419. The van der Waals surface area contributed by atoms with Crippen molar-refractivity contribution in [2.24, 2.45) is 0 Å². The molecular formula is C12H15FN2O4. The van der Waals surface area contributed by atoms with E-state index in [0.717, 1.165) is 6.07 Å². The summed E-state index contributed by atoms with van der Waals surface area (Å²) in [6, 6.07) is 3.65. The second-order valence-corrected chi connectivity index (χ2v) is 4.92. The molecule has 0 aliphatic heterocycles. The molecule has 0 fully saturated rings. The molecule has 0 saturated heterocycles. The van der Waals surface area contributed by atoms with Gasteiger partial charge in [0.2, 0.25) is 6.54 Å². The average Bonchev–Trinajstić information content (AvgIpc) is 2.18. The van der Waals surface area contributed by atoms with Gasteiger partial charge in [-0.2, -0.15) is 0 Å². The van der Waals surface area contributed by atoms with Gasteiger partial charge in [0, 0.05) is 10.6 Å². The van der Waals surface area contributed by atoms with Gasteiger partial charge in [-0.3, -0.25) is 15.4 Å². The van der Waals surface area contributed by atoms with Crippen LogP contribution >= 0.6 is 0 Å². The second-order valence-electron chi connectivity index (χ2n) is 4.92. The number of nitrogens with zero attached hydrogens (tertiary/aromatic N) is 1. The lowest BCUT2D eigenvalue weighted by Crippen LogP contribution is -2.27. The van der Waals surface area contributed by atoms with Gasteiger partial charge in [-0.15, -0.1) is 0 Å². The highest BCUT2D eigenvalue weighted by Gasteiger charge is 2.17. The van der Waals surface area contributed by atoms with E-state index in [1.54, 1.807) is 20.8 Å². The zero-order chi connectivity index (χ0) is 14.6. The highest BCUT2D eigenvalue weighted by Crippen LogP contribution is 2.16. The summed E-state index contributed by atoms with van der Waals surface area (Å²) in [6.45, 7) is 4.51. The Morgan fingerprint density at radius 2 is 2.11 bits per heavy atom. The lowest BCUT2D eigenvalue weighted by molar-refractivity contribution is -0.497. The van der Waals surface area contributed by atoms with Crippen molar-refractivity contribution in [1.29, 1.82) is 0 Å². The van der Waals surface area contributed by atoms with E-state index in [9.17, 15) is 19.3 Å². The third kappa shape index (κ3) is 5.33. The molecule has 7 heteroatoms. The van der Waals surface area contributed by atoms with Crippen LogP contribution in [0.15, 0.2) is 18.2 Å². The quantitative estimate of drug-likeness (QED) is 0.676. The monoisotopic (exact) mass is 270 g/mol. The van der Waals surface area contributed by atoms with Crippen LogP contribution in [0, 0.1) is 15.9 Å². The molecule has 1 aromatic carbocycles. The van der Waals surface area contributed by atoms with Crippen molar-refractivity contribution < 1.29 is 18.8 Å². The summed E-state index contributed by atoms with van der Waals surface area (Å²) in [7, 11) is 0. The number of carbonyl (C=O) groups excluding carboxylic acids is 1. The predicted molar refractivity (Wildman–Crippen MR) is 67.0 cm³/mol. The molecule has 0 aliphatic rings. The third-order valence-electron chi connectivity index (χ3n) is 2.00. The van der Waals surface area contributed by atoms with Gasteiger partial charge in [-0.25, -0.2) is 9.18 Å². The fraction of sp³-hybridized carbons (Fsp3) is 0.417. The van der Waals surface area contributed by atoms with Gasteiger partial charge in [0.25, 0.3) is 0 Å². The minimum atomic E-state index is -0.745. The normalized spacial score (nSPS) is 10.9. The molecule has 0 heterocycles. The van der Waals surface area contributed by atoms with Crippen molar-refractivity contribution in [3.8, 4) is 0 Å². The number of ether oxygens (including phenoxy) is 1. The molecule has 0 unspecified atom stereocenters.